The maximum absolute atomic E-state index is 9.54. The van der Waals surface area contributed by atoms with Crippen LogP contribution in [0.15, 0.2) is 60.8 Å². The number of nitriles is 1. The number of anilines is 1. The van der Waals surface area contributed by atoms with Crippen molar-refractivity contribution in [3.8, 4) is 28.6 Å². The van der Waals surface area contributed by atoms with E-state index in [0.717, 1.165) is 22.6 Å². The zero-order valence-electron chi connectivity index (χ0n) is 16.0. The predicted octanol–water partition coefficient (Wildman–Crippen LogP) is 4.65. The summed E-state index contributed by atoms with van der Waals surface area (Å²) in [6.07, 6.45) is 1.89. The molecule has 1 heterocycles. The number of methoxy groups -OCH3 is 1. The van der Waals surface area contributed by atoms with Crippen molar-refractivity contribution < 1.29 is 9.47 Å². The van der Waals surface area contributed by atoms with Crippen molar-refractivity contribution in [1.82, 2.24) is 4.57 Å². The van der Waals surface area contributed by atoms with Gasteiger partial charge in [-0.15, -0.1) is 0 Å². The Morgan fingerprint density at radius 1 is 1.00 bits per heavy atom. The van der Waals surface area contributed by atoms with Crippen LogP contribution < -0.4 is 10.5 Å². The summed E-state index contributed by atoms with van der Waals surface area (Å²) in [6, 6.07) is 19.5. The molecule has 0 bridgehead atoms. The molecule has 1 aromatic heterocycles. The molecule has 0 spiro atoms. The summed E-state index contributed by atoms with van der Waals surface area (Å²) in [5, 5.41) is 9.54. The fourth-order valence-corrected chi connectivity index (χ4v) is 2.63. The molecule has 0 atom stereocenters. The zero-order valence-corrected chi connectivity index (χ0v) is 16.0. The number of nitrogen functional groups attached to an aromatic ring is 1. The van der Waals surface area contributed by atoms with E-state index in [0.29, 0.717) is 24.6 Å². The van der Waals surface area contributed by atoms with Gasteiger partial charge in [-0.25, -0.2) is 0 Å². The molecular weight excluding hydrogens is 338 g/mol. The Hall–Kier alpha value is -3.23. The minimum Gasteiger partial charge on any atom is -0.491 e. The van der Waals surface area contributed by atoms with E-state index in [9.17, 15) is 5.26 Å². The molecule has 0 saturated carbocycles. The summed E-state index contributed by atoms with van der Waals surface area (Å²) in [6.45, 7) is 5.04. The molecular formula is C22H25N3O2. The van der Waals surface area contributed by atoms with E-state index >= 15 is 0 Å². The van der Waals surface area contributed by atoms with Crippen LogP contribution in [0.25, 0.3) is 16.8 Å². The highest BCUT2D eigenvalue weighted by molar-refractivity contribution is 5.78. The number of hydrogen-bond donors (Lipinski definition) is 1. The van der Waals surface area contributed by atoms with Crippen LogP contribution in [-0.4, -0.2) is 24.9 Å². The first-order valence-corrected chi connectivity index (χ1v) is 8.93. The lowest BCUT2D eigenvalue weighted by Gasteiger charge is -2.06. The SMILES string of the molecule is CC.COCCOc1ccc(-c2cn(-c3ccccc3)c(N)c2C#N)cc1. The monoisotopic (exact) mass is 363 g/mol. The summed E-state index contributed by atoms with van der Waals surface area (Å²) in [7, 11) is 1.64. The van der Waals surface area contributed by atoms with Gasteiger partial charge in [0.05, 0.1) is 6.61 Å². The van der Waals surface area contributed by atoms with Gasteiger partial charge in [0.1, 0.15) is 29.8 Å². The summed E-state index contributed by atoms with van der Waals surface area (Å²) in [5.74, 6) is 1.19. The van der Waals surface area contributed by atoms with Gasteiger partial charge in [-0.2, -0.15) is 5.26 Å². The molecule has 3 aromatic rings. The van der Waals surface area contributed by atoms with E-state index in [1.165, 1.54) is 0 Å². The summed E-state index contributed by atoms with van der Waals surface area (Å²) >= 11 is 0. The van der Waals surface area contributed by atoms with Gasteiger partial charge in [-0.05, 0) is 29.8 Å². The highest BCUT2D eigenvalue weighted by atomic mass is 16.5. The Labute approximate surface area is 160 Å². The quantitative estimate of drug-likeness (QED) is 0.647. The van der Waals surface area contributed by atoms with Gasteiger partial charge in [0.15, 0.2) is 0 Å². The van der Waals surface area contributed by atoms with Crippen LogP contribution >= 0.6 is 0 Å². The number of aromatic nitrogens is 1. The van der Waals surface area contributed by atoms with Crippen molar-refractivity contribution in [3.05, 3.63) is 66.4 Å². The number of nitrogens with zero attached hydrogens (tertiary/aromatic N) is 2. The lowest BCUT2D eigenvalue weighted by molar-refractivity contribution is 0.146. The standard InChI is InChI=1S/C20H19N3O2.C2H6/c1-24-11-12-25-17-9-7-15(8-10-17)19-14-23(20(22)18(19)13-21)16-5-3-2-4-6-16;1-2/h2-10,14H,11-12,22H2,1H3;1-2H3. The van der Waals surface area contributed by atoms with Crippen molar-refractivity contribution in [2.24, 2.45) is 0 Å². The van der Waals surface area contributed by atoms with E-state index in [1.54, 1.807) is 7.11 Å². The van der Waals surface area contributed by atoms with Crippen LogP contribution in [0.5, 0.6) is 5.75 Å². The number of hydrogen-bond acceptors (Lipinski definition) is 4. The third-order valence-electron chi connectivity index (χ3n) is 3.91. The van der Waals surface area contributed by atoms with E-state index < -0.39 is 0 Å². The lowest BCUT2D eigenvalue weighted by Crippen LogP contribution is -2.03. The molecule has 3 rings (SSSR count). The van der Waals surface area contributed by atoms with Gasteiger partial charge in [-0.3, -0.25) is 0 Å². The molecule has 0 radical (unpaired) electrons. The normalized spacial score (nSPS) is 9.85. The van der Waals surface area contributed by atoms with Gasteiger partial charge in [0, 0.05) is 24.6 Å². The predicted molar refractivity (Wildman–Crippen MR) is 109 cm³/mol. The van der Waals surface area contributed by atoms with Crippen LogP contribution in [-0.2, 0) is 4.74 Å². The second kappa shape index (κ2) is 10.0. The molecule has 27 heavy (non-hydrogen) atoms. The van der Waals surface area contributed by atoms with Gasteiger partial charge in [0.2, 0.25) is 0 Å². The van der Waals surface area contributed by atoms with Crippen molar-refractivity contribution >= 4 is 5.82 Å². The second-order valence-electron chi connectivity index (χ2n) is 5.49. The molecule has 0 fully saturated rings. The van der Waals surface area contributed by atoms with Gasteiger partial charge in [0.25, 0.3) is 0 Å². The third-order valence-corrected chi connectivity index (χ3v) is 3.91. The van der Waals surface area contributed by atoms with E-state index in [1.807, 2.05) is 79.2 Å². The largest absolute Gasteiger partial charge is 0.491 e. The second-order valence-corrected chi connectivity index (χ2v) is 5.49. The summed E-state index contributed by atoms with van der Waals surface area (Å²) in [5.41, 5.74) is 9.30. The number of benzene rings is 2. The molecule has 2 N–H and O–H groups in total. The van der Waals surface area contributed by atoms with Crippen molar-refractivity contribution in [3.63, 3.8) is 0 Å². The van der Waals surface area contributed by atoms with E-state index in [2.05, 4.69) is 6.07 Å². The van der Waals surface area contributed by atoms with Crippen LogP contribution in [0, 0.1) is 11.3 Å². The van der Waals surface area contributed by atoms with Crippen LogP contribution in [0.1, 0.15) is 19.4 Å². The summed E-state index contributed by atoms with van der Waals surface area (Å²) in [4.78, 5) is 0. The topological polar surface area (TPSA) is 73.2 Å². The fourth-order valence-electron chi connectivity index (χ4n) is 2.63. The molecule has 140 valence electrons. The fraction of sp³-hybridized carbons (Fsp3) is 0.227. The molecule has 0 aliphatic rings. The highest BCUT2D eigenvalue weighted by Crippen LogP contribution is 2.32. The Balaban J connectivity index is 0.00000126. The number of nitrogens with two attached hydrogens (primary N) is 1. The molecule has 5 nitrogen and oxygen atoms in total. The maximum Gasteiger partial charge on any atom is 0.126 e. The van der Waals surface area contributed by atoms with Crippen molar-refractivity contribution in [2.75, 3.05) is 26.1 Å². The molecule has 2 aromatic carbocycles. The van der Waals surface area contributed by atoms with Crippen LogP contribution in [0.3, 0.4) is 0 Å². The maximum atomic E-state index is 9.54. The third kappa shape index (κ3) is 4.69. The molecule has 0 amide bonds. The van der Waals surface area contributed by atoms with Crippen molar-refractivity contribution in [2.45, 2.75) is 13.8 Å². The average Bonchev–Trinajstić information content (AvgIpc) is 3.07. The first kappa shape index (κ1) is 20.1. The van der Waals surface area contributed by atoms with E-state index in [4.69, 9.17) is 15.2 Å². The first-order valence-electron chi connectivity index (χ1n) is 8.93. The Bertz CT molecular complexity index is 878. The van der Waals surface area contributed by atoms with Crippen LogP contribution in [0.4, 0.5) is 5.82 Å². The van der Waals surface area contributed by atoms with Crippen molar-refractivity contribution in [1.29, 1.82) is 5.26 Å². The van der Waals surface area contributed by atoms with Crippen LogP contribution in [0.2, 0.25) is 0 Å². The molecule has 0 unspecified atom stereocenters. The van der Waals surface area contributed by atoms with E-state index in [-0.39, 0.29) is 0 Å². The molecule has 0 aliphatic carbocycles. The van der Waals surface area contributed by atoms with Gasteiger partial charge >= 0.3 is 0 Å². The Morgan fingerprint density at radius 3 is 2.26 bits per heavy atom. The average molecular weight is 363 g/mol. The van der Waals surface area contributed by atoms with Gasteiger partial charge < -0.3 is 19.8 Å². The number of rotatable bonds is 6. The smallest absolute Gasteiger partial charge is 0.126 e. The number of ether oxygens (including phenoxy) is 2. The minimum atomic E-state index is 0.434. The summed E-state index contributed by atoms with van der Waals surface area (Å²) < 4.78 is 12.4. The molecule has 0 aliphatic heterocycles. The van der Waals surface area contributed by atoms with Gasteiger partial charge in [-0.1, -0.05) is 44.2 Å². The molecule has 0 saturated heterocycles. The first-order chi connectivity index (χ1) is 13.2. The number of para-hydroxylation sites is 1. The zero-order chi connectivity index (χ0) is 19.6. The lowest BCUT2D eigenvalue weighted by atomic mass is 10.0. The highest BCUT2D eigenvalue weighted by Gasteiger charge is 2.15. The molecule has 5 heteroatoms. The minimum absolute atomic E-state index is 0.434. The Kier molecular flexibility index (Phi) is 7.48. The Morgan fingerprint density at radius 2 is 1.67 bits per heavy atom.